The highest BCUT2D eigenvalue weighted by molar-refractivity contribution is 5.76. The summed E-state index contributed by atoms with van der Waals surface area (Å²) >= 11 is 0. The van der Waals surface area contributed by atoms with Gasteiger partial charge in [0.2, 0.25) is 0 Å². The van der Waals surface area contributed by atoms with E-state index in [1.807, 2.05) is 100 Å². The van der Waals surface area contributed by atoms with Crippen LogP contribution in [0, 0.1) is 16.2 Å². The van der Waals surface area contributed by atoms with Crippen LogP contribution in [-0.4, -0.2) is 88.8 Å². The van der Waals surface area contributed by atoms with E-state index in [2.05, 4.69) is 6.92 Å². The van der Waals surface area contributed by atoms with Crippen LogP contribution in [0.2, 0.25) is 0 Å². The maximum absolute atomic E-state index is 11.8. The summed E-state index contributed by atoms with van der Waals surface area (Å²) < 4.78 is 15.6. The summed E-state index contributed by atoms with van der Waals surface area (Å²) in [5.41, 5.74) is -1.01. The van der Waals surface area contributed by atoms with Gasteiger partial charge in [-0.15, -0.1) is 0 Å². The number of hydrogen-bond donors (Lipinski definition) is 0. The second-order valence-electron chi connectivity index (χ2n) is 17.0. The quantitative estimate of drug-likeness (QED) is 0.0425. The first kappa shape index (κ1) is 54.7. The molecule has 0 fully saturated rings. The number of carbonyl (C=O) groups is 3. The molecule has 8 nitrogen and oxygen atoms in total. The molecule has 0 spiro atoms. The Balaban J connectivity index is -0.000000773. The molecule has 0 unspecified atom stereocenters. The lowest BCUT2D eigenvalue weighted by Crippen LogP contribution is -2.28. The average Bonchev–Trinajstić information content (AvgIpc) is 3.09. The number of nitrogens with zero attached hydrogens (tertiary/aromatic N) is 2. The zero-order valence-electron chi connectivity index (χ0n) is 37.3. The van der Waals surface area contributed by atoms with Crippen molar-refractivity contribution in [2.24, 2.45) is 16.2 Å². The van der Waals surface area contributed by atoms with Crippen molar-refractivity contribution in [2.45, 2.75) is 191 Å². The summed E-state index contributed by atoms with van der Waals surface area (Å²) in [6.45, 7) is 23.0. The predicted octanol–water partition coefficient (Wildman–Crippen LogP) is 11.3. The van der Waals surface area contributed by atoms with Gasteiger partial charge in [-0.25, -0.2) is 0 Å². The lowest BCUT2D eigenvalue weighted by Gasteiger charge is -2.20. The van der Waals surface area contributed by atoms with Crippen LogP contribution in [0.25, 0.3) is 0 Å². The van der Waals surface area contributed by atoms with E-state index in [0.29, 0.717) is 19.8 Å². The van der Waals surface area contributed by atoms with E-state index in [1.54, 1.807) is 0 Å². The van der Waals surface area contributed by atoms with Crippen molar-refractivity contribution >= 4 is 17.9 Å². The van der Waals surface area contributed by atoms with E-state index in [0.717, 1.165) is 38.8 Å². The van der Waals surface area contributed by atoms with E-state index < -0.39 is 0 Å². The van der Waals surface area contributed by atoms with Crippen LogP contribution < -0.4 is 0 Å². The molecule has 0 saturated carbocycles. The Bertz CT molecular complexity index is 816. The number of unbranched alkanes of at least 4 members (excludes halogenated alkanes) is 15. The van der Waals surface area contributed by atoms with Crippen molar-refractivity contribution in [3.05, 3.63) is 0 Å². The van der Waals surface area contributed by atoms with E-state index in [4.69, 9.17) is 14.2 Å². The fourth-order valence-electron chi connectivity index (χ4n) is 4.48. The number of carbonyl (C=O) groups excluding carboxylic acids is 3. The Kier molecular flexibility index (Phi) is 35.6. The number of ether oxygens (including phenoxy) is 3. The minimum absolute atomic E-state index is 0.0408. The van der Waals surface area contributed by atoms with Gasteiger partial charge in [-0.1, -0.05) is 124 Å². The summed E-state index contributed by atoms with van der Waals surface area (Å²) in [6, 6.07) is 0. The van der Waals surface area contributed by atoms with E-state index in [9.17, 15) is 14.4 Å². The number of esters is 3. The summed E-state index contributed by atoms with van der Waals surface area (Å²) in [6.07, 6.45) is 24.4. The van der Waals surface area contributed by atoms with Crippen LogP contribution >= 0.6 is 0 Å². The molecule has 52 heavy (non-hydrogen) atoms. The molecule has 0 bridgehead atoms. The molecular weight excluding hydrogens is 652 g/mol. The predicted molar refractivity (Wildman–Crippen MR) is 222 cm³/mol. The highest BCUT2D eigenvalue weighted by Gasteiger charge is 2.28. The maximum Gasteiger partial charge on any atom is 0.311 e. The SMILES string of the molecule is CCC(C)(C)C(=O)OCCN(C)C.CCC(C)(C)C(=O)OCCN(C)C.CCCCCCCCCCCCCCCCCCOC(=O)C(C)(C)CC. The molecule has 0 aliphatic carbocycles. The molecule has 0 radical (unpaired) electrons. The molecular formula is C44H90N2O6. The van der Waals surface area contributed by atoms with Crippen LogP contribution in [-0.2, 0) is 28.6 Å². The van der Waals surface area contributed by atoms with Crippen LogP contribution in [0.5, 0.6) is 0 Å². The molecule has 312 valence electrons. The van der Waals surface area contributed by atoms with Gasteiger partial charge in [0.25, 0.3) is 0 Å². The zero-order chi connectivity index (χ0) is 40.5. The van der Waals surface area contributed by atoms with Gasteiger partial charge in [0.1, 0.15) is 13.2 Å². The van der Waals surface area contributed by atoms with Gasteiger partial charge in [-0.05, 0) is 95.4 Å². The van der Waals surface area contributed by atoms with Crippen molar-refractivity contribution in [3.63, 3.8) is 0 Å². The average molecular weight is 743 g/mol. The van der Waals surface area contributed by atoms with Crippen molar-refractivity contribution < 1.29 is 28.6 Å². The number of rotatable bonds is 29. The molecule has 0 rings (SSSR count). The van der Waals surface area contributed by atoms with Crippen molar-refractivity contribution in [1.82, 2.24) is 9.80 Å². The molecule has 8 heteroatoms. The first-order valence-corrected chi connectivity index (χ1v) is 21.2. The maximum atomic E-state index is 11.8. The Hall–Kier alpha value is -1.67. The Morgan fingerprint density at radius 3 is 0.846 bits per heavy atom. The Morgan fingerprint density at radius 2 is 0.615 bits per heavy atom. The van der Waals surface area contributed by atoms with Crippen molar-refractivity contribution in [1.29, 1.82) is 0 Å². The van der Waals surface area contributed by atoms with Crippen LogP contribution in [0.3, 0.4) is 0 Å². The third kappa shape index (κ3) is 34.1. The van der Waals surface area contributed by atoms with Gasteiger partial charge in [0.05, 0.1) is 22.9 Å². The van der Waals surface area contributed by atoms with E-state index in [1.165, 1.54) is 96.3 Å². The van der Waals surface area contributed by atoms with Gasteiger partial charge >= 0.3 is 17.9 Å². The highest BCUT2D eigenvalue weighted by Crippen LogP contribution is 2.23. The van der Waals surface area contributed by atoms with Crippen molar-refractivity contribution in [3.8, 4) is 0 Å². The molecule has 0 aliphatic rings. The fourth-order valence-corrected chi connectivity index (χ4v) is 4.48. The molecule has 0 aromatic heterocycles. The molecule has 0 aromatic carbocycles. The first-order chi connectivity index (χ1) is 24.3. The number of hydrogen-bond acceptors (Lipinski definition) is 8. The summed E-state index contributed by atoms with van der Waals surface area (Å²) in [7, 11) is 7.83. The Labute approximate surface area is 324 Å². The molecule has 0 aromatic rings. The second-order valence-corrected chi connectivity index (χ2v) is 17.0. The Morgan fingerprint density at radius 1 is 0.385 bits per heavy atom. The molecule has 0 saturated heterocycles. The van der Waals surface area contributed by atoms with Gasteiger partial charge in [-0.2, -0.15) is 0 Å². The van der Waals surface area contributed by atoms with E-state index >= 15 is 0 Å². The second kappa shape index (κ2) is 33.9. The standard InChI is InChI=1S/C24H48O2.2C10H21NO2/c1-5-7-8-9-10-11-12-13-14-15-16-17-18-19-20-21-22-26-23(25)24(3,4)6-2;2*1-6-10(2,3)9(12)13-8-7-11(4)5/h5-22H2,1-4H3;2*6-8H2,1-5H3. The van der Waals surface area contributed by atoms with Crippen LogP contribution in [0.15, 0.2) is 0 Å². The fraction of sp³-hybridized carbons (Fsp3) is 0.932. The third-order valence-electron chi connectivity index (χ3n) is 10.1. The number of likely N-dealkylation sites (N-methyl/N-ethyl adjacent to an activating group) is 2. The molecule has 0 aliphatic heterocycles. The lowest BCUT2D eigenvalue weighted by atomic mass is 9.91. The molecule has 0 N–H and O–H groups in total. The molecule has 0 atom stereocenters. The first-order valence-electron chi connectivity index (χ1n) is 21.2. The highest BCUT2D eigenvalue weighted by atomic mass is 16.5. The lowest BCUT2D eigenvalue weighted by molar-refractivity contribution is -0.155. The largest absolute Gasteiger partial charge is 0.465 e. The zero-order valence-corrected chi connectivity index (χ0v) is 37.3. The van der Waals surface area contributed by atoms with Gasteiger partial charge < -0.3 is 24.0 Å². The summed E-state index contributed by atoms with van der Waals surface area (Å²) in [5.74, 6) is -0.241. The molecule has 0 amide bonds. The van der Waals surface area contributed by atoms with Gasteiger partial charge in [0, 0.05) is 13.1 Å². The van der Waals surface area contributed by atoms with Crippen molar-refractivity contribution in [2.75, 3.05) is 61.1 Å². The monoisotopic (exact) mass is 743 g/mol. The summed E-state index contributed by atoms with van der Waals surface area (Å²) in [5, 5.41) is 0. The van der Waals surface area contributed by atoms with Crippen LogP contribution in [0.1, 0.15) is 191 Å². The smallest absolute Gasteiger partial charge is 0.311 e. The normalized spacial score (nSPS) is 11.8. The summed E-state index contributed by atoms with van der Waals surface area (Å²) in [4.78, 5) is 38.7. The molecule has 0 heterocycles. The van der Waals surface area contributed by atoms with Gasteiger partial charge in [-0.3, -0.25) is 14.4 Å². The topological polar surface area (TPSA) is 85.4 Å². The minimum atomic E-state index is -0.341. The van der Waals surface area contributed by atoms with Crippen LogP contribution in [0.4, 0.5) is 0 Å². The third-order valence-corrected chi connectivity index (χ3v) is 10.1. The van der Waals surface area contributed by atoms with Gasteiger partial charge in [0.15, 0.2) is 0 Å². The minimum Gasteiger partial charge on any atom is -0.465 e. The van der Waals surface area contributed by atoms with E-state index in [-0.39, 0.29) is 34.2 Å².